The van der Waals surface area contributed by atoms with Crippen LogP contribution in [-0.4, -0.2) is 10.2 Å². The summed E-state index contributed by atoms with van der Waals surface area (Å²) in [4.78, 5) is 0.663. The molecular weight excluding hydrogens is 272 g/mol. The molecule has 7 heteroatoms. The van der Waals surface area contributed by atoms with E-state index in [9.17, 15) is 8.78 Å². The predicted molar refractivity (Wildman–Crippen MR) is 64.6 cm³/mol. The van der Waals surface area contributed by atoms with Gasteiger partial charge in [0, 0.05) is 16.5 Å². The SMILES string of the molecule is N#Cc1ccc(OSc2ccc(C(F)F)cc2)nn1. The van der Waals surface area contributed by atoms with E-state index in [0.29, 0.717) is 4.90 Å². The summed E-state index contributed by atoms with van der Waals surface area (Å²) in [5, 5.41) is 15.8. The van der Waals surface area contributed by atoms with Crippen LogP contribution >= 0.6 is 12.0 Å². The molecule has 1 aromatic heterocycles. The molecule has 0 saturated heterocycles. The van der Waals surface area contributed by atoms with Gasteiger partial charge in [0.25, 0.3) is 6.43 Å². The summed E-state index contributed by atoms with van der Waals surface area (Å²) in [5.41, 5.74) is 0.154. The van der Waals surface area contributed by atoms with E-state index in [1.165, 1.54) is 36.4 Å². The van der Waals surface area contributed by atoms with Crippen LogP contribution in [0, 0.1) is 11.3 Å². The molecule has 96 valence electrons. The van der Waals surface area contributed by atoms with Gasteiger partial charge in [0.05, 0.1) is 12.0 Å². The topological polar surface area (TPSA) is 58.8 Å². The van der Waals surface area contributed by atoms with Crippen molar-refractivity contribution in [1.82, 2.24) is 10.2 Å². The highest BCUT2D eigenvalue weighted by atomic mass is 32.2. The van der Waals surface area contributed by atoms with Crippen molar-refractivity contribution in [3.05, 3.63) is 47.7 Å². The molecule has 2 rings (SSSR count). The molecular formula is C12H7F2N3OS. The maximum Gasteiger partial charge on any atom is 0.263 e. The second kappa shape index (κ2) is 6.11. The summed E-state index contributed by atoms with van der Waals surface area (Å²) in [5.74, 6) is 0.238. The first-order valence-electron chi connectivity index (χ1n) is 5.15. The zero-order valence-corrected chi connectivity index (χ0v) is 10.3. The van der Waals surface area contributed by atoms with Crippen molar-refractivity contribution in [3.63, 3.8) is 0 Å². The van der Waals surface area contributed by atoms with E-state index in [1.807, 2.05) is 6.07 Å². The summed E-state index contributed by atoms with van der Waals surface area (Å²) in [6, 6.07) is 10.5. The minimum Gasteiger partial charge on any atom is -0.399 e. The van der Waals surface area contributed by atoms with Crippen molar-refractivity contribution in [2.45, 2.75) is 11.3 Å². The molecule has 1 heterocycles. The zero-order chi connectivity index (χ0) is 13.7. The number of nitrogens with zero attached hydrogens (tertiary/aromatic N) is 3. The van der Waals surface area contributed by atoms with Gasteiger partial charge in [0.15, 0.2) is 5.69 Å². The van der Waals surface area contributed by atoms with Crippen LogP contribution in [0.25, 0.3) is 0 Å². The maximum absolute atomic E-state index is 12.3. The van der Waals surface area contributed by atoms with E-state index in [4.69, 9.17) is 9.44 Å². The first kappa shape index (κ1) is 13.2. The van der Waals surface area contributed by atoms with Gasteiger partial charge < -0.3 is 4.18 Å². The Morgan fingerprint density at radius 3 is 2.37 bits per heavy atom. The van der Waals surface area contributed by atoms with Gasteiger partial charge in [-0.25, -0.2) is 8.78 Å². The molecule has 0 N–H and O–H groups in total. The number of rotatable bonds is 4. The van der Waals surface area contributed by atoms with Gasteiger partial charge in [-0.2, -0.15) is 5.26 Å². The number of benzene rings is 1. The van der Waals surface area contributed by atoms with Crippen LogP contribution in [-0.2, 0) is 0 Å². The van der Waals surface area contributed by atoms with Gasteiger partial charge in [0.1, 0.15) is 6.07 Å². The van der Waals surface area contributed by atoms with Gasteiger partial charge >= 0.3 is 0 Å². The third-order valence-corrected chi connectivity index (χ3v) is 2.83. The van der Waals surface area contributed by atoms with E-state index in [0.717, 1.165) is 12.0 Å². The van der Waals surface area contributed by atoms with Crippen LogP contribution in [0.15, 0.2) is 41.3 Å². The lowest BCUT2D eigenvalue weighted by Gasteiger charge is -2.03. The van der Waals surface area contributed by atoms with Gasteiger partial charge in [-0.15, -0.1) is 10.2 Å². The molecule has 19 heavy (non-hydrogen) atoms. The molecule has 0 fully saturated rings. The Balaban J connectivity index is 1.96. The van der Waals surface area contributed by atoms with Crippen LogP contribution in [0.4, 0.5) is 8.78 Å². The van der Waals surface area contributed by atoms with Gasteiger partial charge in [0.2, 0.25) is 5.88 Å². The zero-order valence-electron chi connectivity index (χ0n) is 9.46. The third kappa shape index (κ3) is 3.63. The molecule has 0 bridgehead atoms. The fraction of sp³-hybridized carbons (Fsp3) is 0.0833. The minimum atomic E-state index is -2.48. The molecule has 0 aliphatic carbocycles. The van der Waals surface area contributed by atoms with E-state index in [-0.39, 0.29) is 17.1 Å². The third-order valence-electron chi connectivity index (χ3n) is 2.11. The van der Waals surface area contributed by atoms with E-state index in [2.05, 4.69) is 10.2 Å². The second-order valence-corrected chi connectivity index (χ2v) is 4.21. The van der Waals surface area contributed by atoms with Crippen LogP contribution in [0.2, 0.25) is 0 Å². The number of hydrogen-bond acceptors (Lipinski definition) is 5. The summed E-state index contributed by atoms with van der Waals surface area (Å²) in [6.45, 7) is 0. The Morgan fingerprint density at radius 1 is 1.11 bits per heavy atom. The molecule has 4 nitrogen and oxygen atoms in total. The van der Waals surface area contributed by atoms with Crippen LogP contribution in [0.1, 0.15) is 17.7 Å². The van der Waals surface area contributed by atoms with Crippen molar-refractivity contribution in [1.29, 1.82) is 5.26 Å². The van der Waals surface area contributed by atoms with Crippen LogP contribution < -0.4 is 4.18 Å². The lowest BCUT2D eigenvalue weighted by atomic mass is 10.2. The van der Waals surface area contributed by atoms with Crippen LogP contribution in [0.3, 0.4) is 0 Å². The van der Waals surface area contributed by atoms with Gasteiger partial charge in [-0.1, -0.05) is 12.1 Å². The molecule has 0 aliphatic rings. The number of halogens is 2. The Hall–Kier alpha value is -2.20. The predicted octanol–water partition coefficient (Wildman–Crippen LogP) is 3.37. The van der Waals surface area contributed by atoms with E-state index >= 15 is 0 Å². The Morgan fingerprint density at radius 2 is 1.84 bits per heavy atom. The Bertz CT molecular complexity index is 581. The largest absolute Gasteiger partial charge is 0.399 e. The summed E-state index contributed by atoms with van der Waals surface area (Å²) in [6.07, 6.45) is -2.48. The quantitative estimate of drug-likeness (QED) is 0.803. The van der Waals surface area contributed by atoms with E-state index in [1.54, 1.807) is 0 Å². The van der Waals surface area contributed by atoms with Crippen LogP contribution in [0.5, 0.6) is 5.88 Å². The number of alkyl halides is 2. The highest BCUT2D eigenvalue weighted by Crippen LogP contribution is 2.25. The maximum atomic E-state index is 12.3. The molecule has 0 spiro atoms. The fourth-order valence-electron chi connectivity index (χ4n) is 1.18. The molecule has 0 amide bonds. The first-order valence-corrected chi connectivity index (χ1v) is 5.89. The van der Waals surface area contributed by atoms with Crippen molar-refractivity contribution < 1.29 is 13.0 Å². The standard InChI is InChI=1S/C12H7F2N3OS/c13-12(14)8-1-4-10(5-2-8)19-18-11-6-3-9(7-15)16-17-11/h1-6,12H. The highest BCUT2D eigenvalue weighted by Gasteiger charge is 2.07. The van der Waals surface area contributed by atoms with Crippen molar-refractivity contribution in [3.8, 4) is 11.9 Å². The van der Waals surface area contributed by atoms with E-state index < -0.39 is 6.43 Å². The monoisotopic (exact) mass is 279 g/mol. The van der Waals surface area contributed by atoms with Crippen molar-refractivity contribution in [2.24, 2.45) is 0 Å². The second-order valence-electron chi connectivity index (χ2n) is 3.41. The fourth-order valence-corrected chi connectivity index (χ4v) is 1.70. The van der Waals surface area contributed by atoms with Crippen molar-refractivity contribution >= 4 is 12.0 Å². The first-order chi connectivity index (χ1) is 9.19. The summed E-state index contributed by atoms with van der Waals surface area (Å²) in [7, 11) is 0. The molecule has 0 saturated carbocycles. The molecule has 0 radical (unpaired) electrons. The smallest absolute Gasteiger partial charge is 0.263 e. The molecule has 1 aromatic carbocycles. The molecule has 0 unspecified atom stereocenters. The molecule has 2 aromatic rings. The Kier molecular flexibility index (Phi) is 4.26. The highest BCUT2D eigenvalue weighted by molar-refractivity contribution is 7.95. The number of nitriles is 1. The van der Waals surface area contributed by atoms with Crippen molar-refractivity contribution in [2.75, 3.05) is 0 Å². The lowest BCUT2D eigenvalue weighted by molar-refractivity contribution is 0.151. The summed E-state index contributed by atoms with van der Waals surface area (Å²) < 4.78 is 29.9. The lowest BCUT2D eigenvalue weighted by Crippen LogP contribution is -1.91. The number of hydrogen-bond donors (Lipinski definition) is 0. The van der Waals surface area contributed by atoms with Gasteiger partial charge in [-0.05, 0) is 18.2 Å². The molecule has 0 atom stereocenters. The average molecular weight is 279 g/mol. The minimum absolute atomic E-state index is 0.0393. The average Bonchev–Trinajstić information content (AvgIpc) is 2.46. The summed E-state index contributed by atoms with van der Waals surface area (Å²) >= 11 is 0.977. The van der Waals surface area contributed by atoms with Gasteiger partial charge in [-0.3, -0.25) is 0 Å². The Labute approximate surface area is 112 Å². The molecule has 0 aliphatic heterocycles. The number of aromatic nitrogens is 2. The normalized spacial score (nSPS) is 10.2.